The summed E-state index contributed by atoms with van der Waals surface area (Å²) in [6.45, 7) is 1.79. The fourth-order valence-electron chi connectivity index (χ4n) is 1.44. The minimum Gasteiger partial charge on any atom is -0.366 e. The first-order chi connectivity index (χ1) is 7.20. The van der Waals surface area contributed by atoms with Gasteiger partial charge in [0.1, 0.15) is 0 Å². The molecule has 2 rings (SSSR count). The molecule has 0 spiro atoms. The Kier molecular flexibility index (Phi) is 4.03. The lowest BCUT2D eigenvalue weighted by atomic mass is 10.1. The van der Waals surface area contributed by atoms with Gasteiger partial charge in [-0.1, -0.05) is 0 Å². The van der Waals surface area contributed by atoms with Gasteiger partial charge in [-0.3, -0.25) is 4.79 Å². The van der Waals surface area contributed by atoms with Crippen molar-refractivity contribution in [2.75, 3.05) is 25.0 Å². The molecule has 1 aromatic heterocycles. The van der Waals surface area contributed by atoms with Gasteiger partial charge >= 0.3 is 0 Å². The number of hydrogen-bond acceptors (Lipinski definition) is 5. The van der Waals surface area contributed by atoms with E-state index in [1.807, 2.05) is 11.9 Å². The standard InChI is InChI=1S/C9H13N5O.ClH/c1-11-7-4-14(5-7)9-12-2-6(3-13-9)8(10)15;/h2-3,7,11H,4-5H2,1H3,(H2,10,15);1H. The van der Waals surface area contributed by atoms with Gasteiger partial charge in [0, 0.05) is 31.5 Å². The van der Waals surface area contributed by atoms with Gasteiger partial charge in [-0.15, -0.1) is 12.4 Å². The molecule has 1 saturated heterocycles. The number of halogens is 1. The van der Waals surface area contributed by atoms with E-state index in [0.717, 1.165) is 13.1 Å². The van der Waals surface area contributed by atoms with Crippen LogP contribution in [0, 0.1) is 0 Å². The van der Waals surface area contributed by atoms with Crippen molar-refractivity contribution in [3.63, 3.8) is 0 Å². The Bertz CT molecular complexity index is 363. The van der Waals surface area contributed by atoms with Crippen molar-refractivity contribution in [2.45, 2.75) is 6.04 Å². The van der Waals surface area contributed by atoms with E-state index in [1.54, 1.807) is 0 Å². The molecule has 0 radical (unpaired) electrons. The Labute approximate surface area is 99.7 Å². The molecule has 7 heteroatoms. The Morgan fingerprint density at radius 2 is 2.06 bits per heavy atom. The molecule has 3 N–H and O–H groups in total. The summed E-state index contributed by atoms with van der Waals surface area (Å²) in [6, 6.07) is 0.504. The lowest BCUT2D eigenvalue weighted by Gasteiger charge is -2.38. The highest BCUT2D eigenvalue weighted by molar-refractivity contribution is 5.92. The topological polar surface area (TPSA) is 84.1 Å². The average molecular weight is 244 g/mol. The number of carbonyl (C=O) groups excluding carboxylic acids is 1. The van der Waals surface area contributed by atoms with E-state index in [1.165, 1.54) is 12.4 Å². The van der Waals surface area contributed by atoms with Crippen molar-refractivity contribution in [3.8, 4) is 0 Å². The van der Waals surface area contributed by atoms with Crippen LogP contribution < -0.4 is 16.0 Å². The van der Waals surface area contributed by atoms with Crippen LogP contribution in [-0.4, -0.2) is 42.1 Å². The van der Waals surface area contributed by atoms with Gasteiger partial charge in [0.25, 0.3) is 5.91 Å². The largest absolute Gasteiger partial charge is 0.366 e. The number of anilines is 1. The third-order valence-corrected chi connectivity index (χ3v) is 2.50. The fraction of sp³-hybridized carbons (Fsp3) is 0.444. The summed E-state index contributed by atoms with van der Waals surface area (Å²) >= 11 is 0. The minimum absolute atomic E-state index is 0. The van der Waals surface area contributed by atoms with E-state index in [-0.39, 0.29) is 12.4 Å². The van der Waals surface area contributed by atoms with Crippen molar-refractivity contribution < 1.29 is 4.79 Å². The number of hydrogen-bond donors (Lipinski definition) is 2. The van der Waals surface area contributed by atoms with E-state index < -0.39 is 5.91 Å². The average Bonchev–Trinajstić information content (AvgIpc) is 2.17. The van der Waals surface area contributed by atoms with Gasteiger partial charge in [-0.2, -0.15) is 0 Å². The third-order valence-electron chi connectivity index (χ3n) is 2.50. The lowest BCUT2D eigenvalue weighted by molar-refractivity contribution is 0.0999. The molecule has 16 heavy (non-hydrogen) atoms. The summed E-state index contributed by atoms with van der Waals surface area (Å²) in [5.74, 6) is 0.143. The van der Waals surface area contributed by atoms with Crippen molar-refractivity contribution >= 4 is 24.3 Å². The van der Waals surface area contributed by atoms with E-state index >= 15 is 0 Å². The third kappa shape index (κ3) is 2.40. The van der Waals surface area contributed by atoms with Gasteiger partial charge in [0.2, 0.25) is 5.95 Å². The van der Waals surface area contributed by atoms with Crippen LogP contribution in [0.15, 0.2) is 12.4 Å². The highest BCUT2D eigenvalue weighted by Crippen LogP contribution is 2.15. The van der Waals surface area contributed by atoms with Crippen LogP contribution in [0.4, 0.5) is 5.95 Å². The summed E-state index contributed by atoms with van der Waals surface area (Å²) in [5.41, 5.74) is 5.42. The molecular formula is C9H14ClN5O. The SMILES string of the molecule is CNC1CN(c2ncc(C(N)=O)cn2)C1.Cl. The Hall–Kier alpha value is -1.40. The summed E-state index contributed by atoms with van der Waals surface area (Å²) < 4.78 is 0. The number of amides is 1. The first-order valence-electron chi connectivity index (χ1n) is 4.74. The van der Waals surface area contributed by atoms with Crippen molar-refractivity contribution in [1.82, 2.24) is 15.3 Å². The zero-order valence-electron chi connectivity index (χ0n) is 8.88. The molecule has 0 unspecified atom stereocenters. The number of nitrogens with two attached hydrogens (primary N) is 1. The van der Waals surface area contributed by atoms with Crippen LogP contribution in [-0.2, 0) is 0 Å². The van der Waals surface area contributed by atoms with Crippen molar-refractivity contribution in [1.29, 1.82) is 0 Å². The second-order valence-electron chi connectivity index (χ2n) is 3.53. The zero-order chi connectivity index (χ0) is 10.8. The van der Waals surface area contributed by atoms with Gasteiger partial charge in [-0.25, -0.2) is 9.97 Å². The van der Waals surface area contributed by atoms with Crippen LogP contribution in [0.3, 0.4) is 0 Å². The molecule has 1 aliphatic rings. The molecule has 1 fully saturated rings. The Balaban J connectivity index is 0.00000128. The van der Waals surface area contributed by atoms with Crippen LogP contribution >= 0.6 is 12.4 Å². The van der Waals surface area contributed by atoms with Crippen molar-refractivity contribution in [2.24, 2.45) is 5.73 Å². The molecule has 0 bridgehead atoms. The second kappa shape index (κ2) is 5.09. The van der Waals surface area contributed by atoms with Gasteiger partial charge in [0.15, 0.2) is 0 Å². The van der Waals surface area contributed by atoms with E-state index in [2.05, 4.69) is 15.3 Å². The molecule has 88 valence electrons. The normalized spacial score (nSPS) is 15.2. The highest BCUT2D eigenvalue weighted by Gasteiger charge is 2.26. The smallest absolute Gasteiger partial charge is 0.251 e. The number of carbonyl (C=O) groups is 1. The molecule has 0 atom stereocenters. The second-order valence-corrected chi connectivity index (χ2v) is 3.53. The number of aromatic nitrogens is 2. The molecule has 1 amide bonds. The van der Waals surface area contributed by atoms with Gasteiger partial charge < -0.3 is 16.0 Å². The summed E-state index contributed by atoms with van der Waals surface area (Å²) in [6.07, 6.45) is 2.91. The van der Waals surface area contributed by atoms with Crippen molar-refractivity contribution in [3.05, 3.63) is 18.0 Å². The maximum atomic E-state index is 10.8. The molecule has 0 saturated carbocycles. The first kappa shape index (κ1) is 12.7. The molecule has 6 nitrogen and oxygen atoms in total. The van der Waals surface area contributed by atoms with Crippen LogP contribution in [0.2, 0.25) is 0 Å². The molecule has 1 aromatic rings. The van der Waals surface area contributed by atoms with E-state index in [0.29, 0.717) is 17.6 Å². The van der Waals surface area contributed by atoms with Crippen LogP contribution in [0.25, 0.3) is 0 Å². The quantitative estimate of drug-likeness (QED) is 0.741. The van der Waals surface area contributed by atoms with E-state index in [4.69, 9.17) is 5.73 Å². The maximum absolute atomic E-state index is 10.8. The number of primary amides is 1. The predicted molar refractivity (Wildman–Crippen MR) is 62.9 cm³/mol. The summed E-state index contributed by atoms with van der Waals surface area (Å²) in [7, 11) is 1.93. The van der Waals surface area contributed by atoms with Gasteiger partial charge in [0.05, 0.1) is 5.56 Å². The zero-order valence-corrected chi connectivity index (χ0v) is 9.70. The minimum atomic E-state index is -0.502. The highest BCUT2D eigenvalue weighted by atomic mass is 35.5. The predicted octanol–water partition coefficient (Wildman–Crippen LogP) is -0.595. The molecule has 2 heterocycles. The Morgan fingerprint density at radius 1 is 1.50 bits per heavy atom. The lowest BCUT2D eigenvalue weighted by Crippen LogP contribution is -2.57. The molecule has 0 aromatic carbocycles. The van der Waals surface area contributed by atoms with Crippen LogP contribution in [0.5, 0.6) is 0 Å². The summed E-state index contributed by atoms with van der Waals surface area (Å²) in [5, 5.41) is 3.16. The maximum Gasteiger partial charge on any atom is 0.251 e. The number of rotatable bonds is 3. The summed E-state index contributed by atoms with van der Waals surface area (Å²) in [4.78, 5) is 21.0. The fourth-order valence-corrected chi connectivity index (χ4v) is 1.44. The monoisotopic (exact) mass is 243 g/mol. The molecular weight excluding hydrogens is 230 g/mol. The number of nitrogens with one attached hydrogen (secondary N) is 1. The van der Waals surface area contributed by atoms with Crippen LogP contribution in [0.1, 0.15) is 10.4 Å². The first-order valence-corrected chi connectivity index (χ1v) is 4.74. The molecule has 0 aliphatic carbocycles. The number of nitrogens with zero attached hydrogens (tertiary/aromatic N) is 3. The number of likely N-dealkylation sites (N-methyl/N-ethyl adjacent to an activating group) is 1. The van der Waals surface area contributed by atoms with Gasteiger partial charge in [-0.05, 0) is 7.05 Å². The molecule has 1 aliphatic heterocycles. The van der Waals surface area contributed by atoms with E-state index in [9.17, 15) is 4.79 Å². The Morgan fingerprint density at radius 3 is 2.50 bits per heavy atom.